The van der Waals surface area contributed by atoms with E-state index in [1.165, 1.54) is 37.7 Å². The topological polar surface area (TPSA) is 40.5 Å². The van der Waals surface area contributed by atoms with Crippen molar-refractivity contribution in [1.29, 1.82) is 0 Å². The molecule has 3 aliphatic rings. The minimum absolute atomic E-state index is 0.375. The number of fused-ring (bicyclic) bond motifs is 1. The van der Waals surface area contributed by atoms with Crippen LogP contribution in [-0.4, -0.2) is 22.4 Å². The van der Waals surface area contributed by atoms with E-state index in [2.05, 4.69) is 64.7 Å². The van der Waals surface area contributed by atoms with Gasteiger partial charge in [-0.25, -0.2) is 0 Å². The molecule has 2 heteroatoms. The van der Waals surface area contributed by atoms with Crippen LogP contribution in [0.4, 0.5) is 0 Å². The molecule has 0 aliphatic heterocycles. The minimum Gasteiger partial charge on any atom is -0.393 e. The Labute approximate surface area is 177 Å². The molecule has 0 aromatic carbocycles. The van der Waals surface area contributed by atoms with E-state index in [0.717, 1.165) is 17.1 Å². The molecule has 160 valence electrons. The average molecular weight is 397 g/mol. The minimum atomic E-state index is -0.607. The second kappa shape index (κ2) is 9.18. The molecule has 3 rings (SSSR count). The lowest BCUT2D eigenvalue weighted by atomic mass is 9.61. The Morgan fingerprint density at radius 3 is 2.69 bits per heavy atom. The highest BCUT2D eigenvalue weighted by Crippen LogP contribution is 2.59. The molecule has 0 unspecified atom stereocenters. The Morgan fingerprint density at radius 1 is 1.21 bits per heavy atom. The summed E-state index contributed by atoms with van der Waals surface area (Å²) in [5.41, 5.74) is 5.09. The average Bonchev–Trinajstić information content (AvgIpc) is 3.00. The Kier molecular flexibility index (Phi) is 7.06. The van der Waals surface area contributed by atoms with E-state index < -0.39 is 12.2 Å². The maximum atomic E-state index is 10.1. The van der Waals surface area contributed by atoms with Crippen LogP contribution in [0.25, 0.3) is 0 Å². The summed E-state index contributed by atoms with van der Waals surface area (Å²) in [6.07, 6.45) is 17.6. The molecule has 2 nitrogen and oxygen atoms in total. The molecule has 3 aliphatic carbocycles. The lowest BCUT2D eigenvalue weighted by Gasteiger charge is -2.44. The zero-order chi connectivity index (χ0) is 21.2. The Bertz CT molecular complexity index is 734. The summed E-state index contributed by atoms with van der Waals surface area (Å²) in [5, 5.41) is 20.1. The normalized spacial score (nSPS) is 39.2. The summed E-state index contributed by atoms with van der Waals surface area (Å²) in [5.74, 6) is 1.99. The Morgan fingerprint density at radius 2 is 1.97 bits per heavy atom. The van der Waals surface area contributed by atoms with Crippen molar-refractivity contribution < 1.29 is 10.2 Å². The third-order valence-electron chi connectivity index (χ3n) is 7.78. The molecule has 0 amide bonds. The molecule has 3 saturated carbocycles. The summed E-state index contributed by atoms with van der Waals surface area (Å²) in [6, 6.07) is 0. The zero-order valence-electron chi connectivity index (χ0n) is 18.8. The molecular formula is C27H40O2. The Balaban J connectivity index is 1.78. The van der Waals surface area contributed by atoms with Crippen molar-refractivity contribution >= 4 is 0 Å². The van der Waals surface area contributed by atoms with E-state index in [1.807, 2.05) is 0 Å². The van der Waals surface area contributed by atoms with Crippen LogP contribution in [0.1, 0.15) is 72.6 Å². The lowest BCUT2D eigenvalue weighted by molar-refractivity contribution is 0.0862. The van der Waals surface area contributed by atoms with Crippen LogP contribution in [0.2, 0.25) is 0 Å². The number of aliphatic hydroxyl groups excluding tert-OH is 2. The van der Waals surface area contributed by atoms with Gasteiger partial charge in [0.05, 0.1) is 12.2 Å². The fourth-order valence-electron chi connectivity index (χ4n) is 6.17. The SMILES string of the molecule is C=C1/C(=C\C=C2/CCC[C@]3(C)[C@@H]([C@H](C)/C=C/C=C(C)C)CC[C@@H]23)C[C@@H](O)C[C@@H]1O. The van der Waals surface area contributed by atoms with Gasteiger partial charge in [0, 0.05) is 6.42 Å². The van der Waals surface area contributed by atoms with Crippen molar-refractivity contribution in [3.63, 3.8) is 0 Å². The first kappa shape index (κ1) is 22.3. The third-order valence-corrected chi connectivity index (χ3v) is 7.78. The van der Waals surface area contributed by atoms with Crippen molar-refractivity contribution in [2.24, 2.45) is 23.2 Å². The van der Waals surface area contributed by atoms with Gasteiger partial charge in [-0.2, -0.15) is 0 Å². The van der Waals surface area contributed by atoms with E-state index in [-0.39, 0.29) is 0 Å². The predicted octanol–water partition coefficient (Wildman–Crippen LogP) is 6.29. The van der Waals surface area contributed by atoms with Crippen LogP contribution in [0.5, 0.6) is 0 Å². The van der Waals surface area contributed by atoms with E-state index in [1.54, 1.807) is 5.57 Å². The molecule has 0 aromatic heterocycles. The monoisotopic (exact) mass is 396 g/mol. The second-order valence-corrected chi connectivity index (χ2v) is 10.2. The van der Waals surface area contributed by atoms with Crippen LogP contribution in [0.3, 0.4) is 0 Å². The highest BCUT2D eigenvalue weighted by Gasteiger charge is 2.50. The Hall–Kier alpha value is -1.38. The molecule has 0 bridgehead atoms. The molecule has 6 atom stereocenters. The van der Waals surface area contributed by atoms with Crippen molar-refractivity contribution in [3.8, 4) is 0 Å². The van der Waals surface area contributed by atoms with Crippen molar-refractivity contribution in [2.45, 2.75) is 84.8 Å². The van der Waals surface area contributed by atoms with Gasteiger partial charge in [0.1, 0.15) is 0 Å². The fraction of sp³-hybridized carbons (Fsp3) is 0.630. The predicted molar refractivity (Wildman–Crippen MR) is 122 cm³/mol. The van der Waals surface area contributed by atoms with Gasteiger partial charge < -0.3 is 10.2 Å². The third kappa shape index (κ3) is 4.86. The summed E-state index contributed by atoms with van der Waals surface area (Å²) >= 11 is 0. The molecule has 0 heterocycles. The first-order chi connectivity index (χ1) is 13.7. The lowest BCUT2D eigenvalue weighted by Crippen LogP contribution is -2.35. The second-order valence-electron chi connectivity index (χ2n) is 10.2. The van der Waals surface area contributed by atoms with Crippen LogP contribution in [0, 0.1) is 23.2 Å². The van der Waals surface area contributed by atoms with E-state index in [4.69, 9.17) is 0 Å². The zero-order valence-corrected chi connectivity index (χ0v) is 18.8. The molecule has 0 saturated heterocycles. The summed E-state index contributed by atoms with van der Waals surface area (Å²) in [7, 11) is 0. The van der Waals surface area contributed by atoms with Crippen LogP contribution in [-0.2, 0) is 0 Å². The number of aliphatic hydroxyl groups is 2. The number of hydrogen-bond donors (Lipinski definition) is 2. The first-order valence-electron chi connectivity index (χ1n) is 11.5. The van der Waals surface area contributed by atoms with Gasteiger partial charge in [-0.3, -0.25) is 0 Å². The van der Waals surface area contributed by atoms with Crippen LogP contribution < -0.4 is 0 Å². The van der Waals surface area contributed by atoms with Crippen molar-refractivity contribution in [2.75, 3.05) is 0 Å². The first-order valence-corrected chi connectivity index (χ1v) is 11.5. The van der Waals surface area contributed by atoms with Gasteiger partial charge in [0.25, 0.3) is 0 Å². The van der Waals surface area contributed by atoms with E-state index >= 15 is 0 Å². The maximum Gasteiger partial charge on any atom is 0.0811 e. The molecule has 3 fully saturated rings. The largest absolute Gasteiger partial charge is 0.393 e. The van der Waals surface area contributed by atoms with Gasteiger partial charge in [-0.1, -0.05) is 62.0 Å². The number of rotatable bonds is 4. The highest BCUT2D eigenvalue weighted by atomic mass is 16.3. The quantitative estimate of drug-likeness (QED) is 0.549. The fourth-order valence-corrected chi connectivity index (χ4v) is 6.17. The van der Waals surface area contributed by atoms with E-state index in [9.17, 15) is 10.2 Å². The molecular weight excluding hydrogens is 356 g/mol. The molecule has 0 aromatic rings. The highest BCUT2D eigenvalue weighted by molar-refractivity contribution is 5.38. The van der Waals surface area contributed by atoms with Crippen molar-refractivity contribution in [1.82, 2.24) is 0 Å². The molecule has 0 spiro atoms. The molecule has 29 heavy (non-hydrogen) atoms. The smallest absolute Gasteiger partial charge is 0.0811 e. The van der Waals surface area contributed by atoms with Crippen LogP contribution >= 0.6 is 0 Å². The number of allylic oxidation sites excluding steroid dienone is 7. The maximum absolute atomic E-state index is 10.1. The number of hydrogen-bond acceptors (Lipinski definition) is 2. The standard InChI is InChI=1S/C27H40O2/c1-18(2)8-6-9-19(3)24-13-14-25-21(10-7-15-27(24,25)5)11-12-22-16-23(28)17-26(29)20(22)4/h6,8-9,11-12,19,23-26,28-29H,4,7,10,13-17H2,1-3,5H3/b9-6+,21-11+,22-12-/t19-,23-,24-,25+,26+,27-/m1/s1. The van der Waals surface area contributed by atoms with Gasteiger partial charge >= 0.3 is 0 Å². The van der Waals surface area contributed by atoms with Crippen LogP contribution in [0.15, 0.2) is 59.3 Å². The summed E-state index contributed by atoms with van der Waals surface area (Å²) in [6.45, 7) is 13.3. The van der Waals surface area contributed by atoms with Gasteiger partial charge in [0.15, 0.2) is 0 Å². The summed E-state index contributed by atoms with van der Waals surface area (Å²) < 4.78 is 0. The summed E-state index contributed by atoms with van der Waals surface area (Å²) in [4.78, 5) is 0. The van der Waals surface area contributed by atoms with E-state index in [0.29, 0.717) is 30.1 Å². The van der Waals surface area contributed by atoms with Crippen molar-refractivity contribution in [3.05, 3.63) is 59.3 Å². The van der Waals surface area contributed by atoms with Gasteiger partial charge in [-0.15, -0.1) is 0 Å². The molecule has 2 N–H and O–H groups in total. The van der Waals surface area contributed by atoms with Gasteiger partial charge in [0.2, 0.25) is 0 Å². The molecule has 0 radical (unpaired) electrons. The van der Waals surface area contributed by atoms with Gasteiger partial charge in [-0.05, 0) is 86.7 Å².